The molecule has 0 heterocycles. The van der Waals surface area contributed by atoms with Crippen LogP contribution in [0.4, 0.5) is 4.79 Å². The number of amides is 1. The summed E-state index contributed by atoms with van der Waals surface area (Å²) in [4.78, 5) is 11.4. The van der Waals surface area contributed by atoms with Crippen molar-refractivity contribution in [3.63, 3.8) is 0 Å². The van der Waals surface area contributed by atoms with Crippen LogP contribution < -0.4 is 5.32 Å². The van der Waals surface area contributed by atoms with Gasteiger partial charge in [0.25, 0.3) is 0 Å². The Labute approximate surface area is 96.9 Å². The molecule has 0 aliphatic rings. The number of ether oxygens (including phenoxy) is 1. The van der Waals surface area contributed by atoms with Gasteiger partial charge in [-0.15, -0.1) is 6.42 Å². The van der Waals surface area contributed by atoms with Gasteiger partial charge in [-0.2, -0.15) is 0 Å². The van der Waals surface area contributed by atoms with Crippen molar-refractivity contribution >= 4 is 6.09 Å². The van der Waals surface area contributed by atoms with Gasteiger partial charge in [0.15, 0.2) is 0 Å². The Kier molecular flexibility index (Phi) is 5.11. The van der Waals surface area contributed by atoms with Crippen molar-refractivity contribution in [3.8, 4) is 12.3 Å². The Bertz CT molecular complexity index is 364. The van der Waals surface area contributed by atoms with E-state index >= 15 is 0 Å². The Morgan fingerprint density at radius 3 is 2.44 bits per heavy atom. The number of nitrogens with one attached hydrogen (secondary N) is 1. The van der Waals surface area contributed by atoms with Gasteiger partial charge in [-0.05, 0) is 32.9 Å². The molecular weight excluding hydrogens is 202 g/mol. The highest BCUT2D eigenvalue weighted by Gasteiger charge is 2.16. The maximum absolute atomic E-state index is 11.4. The molecule has 86 valence electrons. The molecule has 0 fully saturated rings. The van der Waals surface area contributed by atoms with Crippen LogP contribution in [0.1, 0.15) is 20.8 Å². The summed E-state index contributed by atoms with van der Waals surface area (Å²) in [6.45, 7) is 12.5. The minimum Gasteiger partial charge on any atom is -0.444 e. The predicted octanol–water partition coefficient (Wildman–Crippen LogP) is 2.77. The molecule has 0 saturated carbocycles. The average Bonchev–Trinajstić information content (AvgIpc) is 2.13. The number of carbonyl (C=O) groups is 1. The zero-order valence-electron chi connectivity index (χ0n) is 9.96. The molecule has 0 bridgehead atoms. The summed E-state index contributed by atoms with van der Waals surface area (Å²) in [7, 11) is 0. The topological polar surface area (TPSA) is 38.3 Å². The fourth-order valence-corrected chi connectivity index (χ4v) is 0.797. The third kappa shape index (κ3) is 6.50. The Morgan fingerprint density at radius 2 is 2.06 bits per heavy atom. The first-order valence-electron chi connectivity index (χ1n) is 4.78. The first-order chi connectivity index (χ1) is 7.28. The smallest absolute Gasteiger partial charge is 0.412 e. The van der Waals surface area contributed by atoms with Gasteiger partial charge in [-0.25, -0.2) is 4.79 Å². The summed E-state index contributed by atoms with van der Waals surface area (Å²) < 4.78 is 5.07. The quantitative estimate of drug-likeness (QED) is 0.585. The number of hydrogen-bond acceptors (Lipinski definition) is 2. The number of hydrogen-bond donors (Lipinski definition) is 1. The van der Waals surface area contributed by atoms with Gasteiger partial charge in [0.05, 0.1) is 0 Å². The molecule has 3 nitrogen and oxygen atoms in total. The second kappa shape index (κ2) is 5.82. The average molecular weight is 219 g/mol. The lowest BCUT2D eigenvalue weighted by Gasteiger charge is -2.19. The maximum atomic E-state index is 11.4. The lowest BCUT2D eigenvalue weighted by atomic mass is 10.2. The van der Waals surface area contributed by atoms with Gasteiger partial charge >= 0.3 is 6.09 Å². The third-order valence-electron chi connectivity index (χ3n) is 1.38. The fraction of sp³-hybridized carbons (Fsp3) is 0.308. The first kappa shape index (κ1) is 14.1. The Balaban J connectivity index is 4.53. The third-order valence-corrected chi connectivity index (χ3v) is 1.38. The minimum absolute atomic E-state index is 0.450. The van der Waals surface area contributed by atoms with Crippen LogP contribution in [0.5, 0.6) is 0 Å². The SMILES string of the molecule is C#CC(=C)/C=C(\C=C)NC(=O)OC(C)(C)C. The summed E-state index contributed by atoms with van der Waals surface area (Å²) >= 11 is 0. The Morgan fingerprint density at radius 1 is 1.50 bits per heavy atom. The molecule has 16 heavy (non-hydrogen) atoms. The van der Waals surface area contributed by atoms with Crippen molar-refractivity contribution in [3.05, 3.63) is 36.6 Å². The van der Waals surface area contributed by atoms with Crippen molar-refractivity contribution in [2.75, 3.05) is 0 Å². The van der Waals surface area contributed by atoms with Crippen LogP contribution in [0.2, 0.25) is 0 Å². The number of alkyl carbamates (subject to hydrolysis) is 1. The van der Waals surface area contributed by atoms with E-state index in [0.29, 0.717) is 11.3 Å². The van der Waals surface area contributed by atoms with E-state index in [1.165, 1.54) is 12.2 Å². The standard InChI is InChI=1S/C13H17NO2/c1-7-10(3)9-11(8-2)14-12(15)16-13(4,5)6/h1,8-9H,2-3H2,4-6H3,(H,14,15)/b11-9+. The van der Waals surface area contributed by atoms with Crippen LogP contribution >= 0.6 is 0 Å². The van der Waals surface area contributed by atoms with E-state index < -0.39 is 11.7 Å². The summed E-state index contributed by atoms with van der Waals surface area (Å²) in [5, 5.41) is 2.51. The van der Waals surface area contributed by atoms with E-state index in [1.54, 1.807) is 20.8 Å². The second-order valence-corrected chi connectivity index (χ2v) is 4.10. The molecule has 0 atom stereocenters. The number of carbonyl (C=O) groups excluding carboxylic acids is 1. The lowest BCUT2D eigenvalue weighted by molar-refractivity contribution is 0.0548. The van der Waals surface area contributed by atoms with Crippen molar-refractivity contribution in [1.29, 1.82) is 0 Å². The van der Waals surface area contributed by atoms with Gasteiger partial charge in [-0.1, -0.05) is 19.1 Å². The normalized spacial score (nSPS) is 11.2. The maximum Gasteiger partial charge on any atom is 0.412 e. The van der Waals surface area contributed by atoms with Crippen LogP contribution in [-0.4, -0.2) is 11.7 Å². The van der Waals surface area contributed by atoms with E-state index in [1.807, 2.05) is 0 Å². The molecule has 1 N–H and O–H groups in total. The van der Waals surface area contributed by atoms with Crippen LogP contribution in [0, 0.1) is 12.3 Å². The summed E-state index contributed by atoms with van der Waals surface area (Å²) in [6, 6.07) is 0. The van der Waals surface area contributed by atoms with Gasteiger partial charge in [0.1, 0.15) is 5.60 Å². The van der Waals surface area contributed by atoms with E-state index in [0.717, 1.165) is 0 Å². The van der Waals surface area contributed by atoms with Crippen molar-refractivity contribution in [1.82, 2.24) is 5.32 Å². The molecule has 0 rings (SSSR count). The molecule has 0 saturated heterocycles. The fourth-order valence-electron chi connectivity index (χ4n) is 0.797. The highest BCUT2D eigenvalue weighted by Crippen LogP contribution is 2.07. The van der Waals surface area contributed by atoms with Gasteiger partial charge < -0.3 is 4.74 Å². The molecule has 0 aliphatic heterocycles. The predicted molar refractivity (Wildman–Crippen MR) is 65.6 cm³/mol. The molecule has 0 unspecified atom stereocenters. The molecular formula is C13H17NO2. The molecule has 1 amide bonds. The monoisotopic (exact) mass is 219 g/mol. The van der Waals surface area contributed by atoms with E-state index in [2.05, 4.69) is 24.4 Å². The molecule has 0 aromatic rings. The van der Waals surface area contributed by atoms with E-state index in [4.69, 9.17) is 11.2 Å². The molecule has 0 aromatic heterocycles. The first-order valence-corrected chi connectivity index (χ1v) is 4.78. The van der Waals surface area contributed by atoms with Crippen LogP contribution in [0.3, 0.4) is 0 Å². The molecule has 3 heteroatoms. The largest absolute Gasteiger partial charge is 0.444 e. The van der Waals surface area contributed by atoms with Gasteiger partial charge in [-0.3, -0.25) is 5.32 Å². The molecule has 0 spiro atoms. The Hall–Kier alpha value is -1.95. The van der Waals surface area contributed by atoms with Crippen molar-refractivity contribution in [2.24, 2.45) is 0 Å². The highest BCUT2D eigenvalue weighted by molar-refractivity contribution is 5.71. The van der Waals surface area contributed by atoms with Crippen molar-refractivity contribution < 1.29 is 9.53 Å². The van der Waals surface area contributed by atoms with Gasteiger partial charge in [0, 0.05) is 11.3 Å². The molecule has 0 aliphatic carbocycles. The summed E-state index contributed by atoms with van der Waals surface area (Å²) in [5.41, 5.74) is 0.364. The van der Waals surface area contributed by atoms with Gasteiger partial charge in [0.2, 0.25) is 0 Å². The minimum atomic E-state index is -0.552. The number of terminal acetylenes is 1. The summed E-state index contributed by atoms with van der Waals surface area (Å²) in [5.74, 6) is 2.34. The summed E-state index contributed by atoms with van der Waals surface area (Å²) in [6.07, 6.45) is 7.59. The zero-order valence-corrected chi connectivity index (χ0v) is 9.96. The second-order valence-electron chi connectivity index (χ2n) is 4.10. The van der Waals surface area contributed by atoms with E-state index in [9.17, 15) is 4.79 Å². The van der Waals surface area contributed by atoms with Crippen LogP contribution in [0.25, 0.3) is 0 Å². The number of allylic oxidation sites excluding steroid dienone is 3. The number of rotatable bonds is 3. The molecule has 0 radical (unpaired) electrons. The lowest BCUT2D eigenvalue weighted by Crippen LogP contribution is -2.31. The van der Waals surface area contributed by atoms with Crippen molar-refractivity contribution in [2.45, 2.75) is 26.4 Å². The highest BCUT2D eigenvalue weighted by atomic mass is 16.6. The van der Waals surface area contributed by atoms with Crippen LogP contribution in [-0.2, 0) is 4.74 Å². The van der Waals surface area contributed by atoms with E-state index in [-0.39, 0.29) is 0 Å². The van der Waals surface area contributed by atoms with Crippen LogP contribution in [0.15, 0.2) is 36.6 Å². The molecule has 0 aromatic carbocycles. The zero-order chi connectivity index (χ0) is 12.8.